The molecule has 0 spiro atoms. The molecule has 1 saturated carbocycles. The first-order valence-electron chi connectivity index (χ1n) is 15.1. The van der Waals surface area contributed by atoms with Crippen molar-refractivity contribution in [2.75, 3.05) is 13.2 Å². The Labute approximate surface area is 284 Å². The maximum atomic E-state index is 11.8. The number of ether oxygens (including phenoxy) is 2. The Balaban J connectivity index is 0.000000582. The summed E-state index contributed by atoms with van der Waals surface area (Å²) < 4.78 is 44.8. The molecule has 0 atom stereocenters. The number of carboxylic acids is 1. The molecule has 250 valence electrons. The lowest BCUT2D eigenvalue weighted by Gasteiger charge is -2.20. The quantitative estimate of drug-likeness (QED) is 0.116. The van der Waals surface area contributed by atoms with Crippen LogP contribution in [0.2, 0.25) is 10.0 Å². The Morgan fingerprint density at radius 3 is 2.04 bits per heavy atom. The molecular formula is C36H31Cl2F3N2O5. The Morgan fingerprint density at radius 1 is 0.917 bits per heavy atom. The molecular weight excluding hydrogens is 668 g/mol. The number of nitrogens with zero attached hydrogens (tertiary/aromatic N) is 2. The summed E-state index contributed by atoms with van der Waals surface area (Å²) in [6.07, 6.45) is -2.78. The number of imidazole rings is 1. The third-order valence-electron chi connectivity index (χ3n) is 7.63. The number of benzene rings is 4. The maximum absolute atomic E-state index is 11.8. The van der Waals surface area contributed by atoms with E-state index in [2.05, 4.69) is 53.1 Å². The maximum Gasteiger partial charge on any atom is 0.490 e. The van der Waals surface area contributed by atoms with Crippen LogP contribution >= 0.6 is 23.2 Å². The summed E-state index contributed by atoms with van der Waals surface area (Å²) >= 11 is 12.5. The molecule has 1 aliphatic rings. The minimum Gasteiger partial charge on any atom is -0.482 e. The lowest BCUT2D eigenvalue weighted by Crippen LogP contribution is -2.21. The molecule has 1 aliphatic carbocycles. The number of hydrogen-bond acceptors (Lipinski definition) is 5. The van der Waals surface area contributed by atoms with Gasteiger partial charge in [-0.1, -0.05) is 65.7 Å². The second kappa shape index (κ2) is 15.1. The number of alkyl halides is 3. The van der Waals surface area contributed by atoms with Crippen molar-refractivity contribution in [3.63, 3.8) is 0 Å². The molecule has 0 aliphatic heterocycles. The SMILES string of the molecule is CCOC(=O)COc1cccc(Cn2c(C3CC3)nc3ccc(C(c4ccc(Cl)cc4)c4ccc(Cl)cc4)cc32)c1.O=C(O)C(F)(F)F. The molecule has 0 saturated heterocycles. The van der Waals surface area contributed by atoms with E-state index in [1.54, 1.807) is 6.92 Å². The molecule has 12 heteroatoms. The molecule has 4 aromatic carbocycles. The minimum atomic E-state index is -5.08. The molecule has 0 radical (unpaired) electrons. The summed E-state index contributed by atoms with van der Waals surface area (Å²) in [6.45, 7) is 2.65. The van der Waals surface area contributed by atoms with Gasteiger partial charge in [-0.05, 0) is 90.6 Å². The number of hydrogen-bond donors (Lipinski definition) is 1. The lowest BCUT2D eigenvalue weighted by atomic mass is 9.85. The number of fused-ring (bicyclic) bond motifs is 1. The highest BCUT2D eigenvalue weighted by molar-refractivity contribution is 6.30. The van der Waals surface area contributed by atoms with Crippen LogP contribution in [-0.4, -0.2) is 46.0 Å². The van der Waals surface area contributed by atoms with Crippen LogP contribution in [0.3, 0.4) is 0 Å². The van der Waals surface area contributed by atoms with Crippen molar-refractivity contribution in [2.24, 2.45) is 0 Å². The van der Waals surface area contributed by atoms with Crippen LogP contribution in [0, 0.1) is 0 Å². The molecule has 48 heavy (non-hydrogen) atoms. The van der Waals surface area contributed by atoms with Crippen LogP contribution in [0.4, 0.5) is 13.2 Å². The predicted molar refractivity (Wildman–Crippen MR) is 177 cm³/mol. The van der Waals surface area contributed by atoms with E-state index < -0.39 is 12.1 Å². The van der Waals surface area contributed by atoms with Gasteiger partial charge in [-0.15, -0.1) is 0 Å². The fourth-order valence-corrected chi connectivity index (χ4v) is 5.56. The largest absolute Gasteiger partial charge is 0.490 e. The third kappa shape index (κ3) is 8.87. The second-order valence-electron chi connectivity index (χ2n) is 11.2. The van der Waals surface area contributed by atoms with Crippen molar-refractivity contribution >= 4 is 46.2 Å². The van der Waals surface area contributed by atoms with Gasteiger partial charge >= 0.3 is 18.1 Å². The first kappa shape index (κ1) is 34.8. The number of esters is 1. The van der Waals surface area contributed by atoms with Crippen LogP contribution in [0.15, 0.2) is 91.0 Å². The predicted octanol–water partition coefficient (Wildman–Crippen LogP) is 9.02. The summed E-state index contributed by atoms with van der Waals surface area (Å²) in [6, 6.07) is 30.5. The minimum absolute atomic E-state index is 0.00117. The van der Waals surface area contributed by atoms with E-state index in [1.807, 2.05) is 42.5 Å². The van der Waals surface area contributed by atoms with Gasteiger partial charge in [-0.3, -0.25) is 0 Å². The fraction of sp³-hybridized carbons (Fsp3) is 0.250. The third-order valence-corrected chi connectivity index (χ3v) is 8.13. The van der Waals surface area contributed by atoms with Crippen molar-refractivity contribution in [2.45, 2.75) is 44.3 Å². The normalized spacial score (nSPS) is 12.8. The molecule has 6 rings (SSSR count). The van der Waals surface area contributed by atoms with Crippen LogP contribution in [-0.2, 0) is 20.9 Å². The number of aliphatic carboxylic acids is 1. The van der Waals surface area contributed by atoms with E-state index in [0.29, 0.717) is 34.9 Å². The summed E-state index contributed by atoms with van der Waals surface area (Å²) in [5.41, 5.74) is 6.61. The van der Waals surface area contributed by atoms with Gasteiger partial charge in [-0.2, -0.15) is 13.2 Å². The second-order valence-corrected chi connectivity index (χ2v) is 12.0. The van der Waals surface area contributed by atoms with Gasteiger partial charge < -0.3 is 19.1 Å². The first-order valence-corrected chi connectivity index (χ1v) is 15.9. The molecule has 7 nitrogen and oxygen atoms in total. The zero-order valence-corrected chi connectivity index (χ0v) is 27.2. The molecule has 0 amide bonds. The number of halogens is 5. The van der Waals surface area contributed by atoms with E-state index in [9.17, 15) is 18.0 Å². The van der Waals surface area contributed by atoms with Gasteiger partial charge in [-0.25, -0.2) is 14.6 Å². The summed E-state index contributed by atoms with van der Waals surface area (Å²) in [5, 5.41) is 8.54. The van der Waals surface area contributed by atoms with Crippen LogP contribution in [0.25, 0.3) is 11.0 Å². The van der Waals surface area contributed by atoms with Gasteiger partial charge in [0.05, 0.1) is 17.6 Å². The summed E-state index contributed by atoms with van der Waals surface area (Å²) in [7, 11) is 0. The van der Waals surface area contributed by atoms with Crippen molar-refractivity contribution in [1.82, 2.24) is 9.55 Å². The molecule has 1 N–H and O–H groups in total. The number of carboxylic acid groups (broad SMARTS) is 1. The van der Waals surface area contributed by atoms with E-state index in [4.69, 9.17) is 47.6 Å². The topological polar surface area (TPSA) is 90.7 Å². The monoisotopic (exact) mass is 698 g/mol. The van der Waals surface area contributed by atoms with E-state index in [1.165, 1.54) is 0 Å². The van der Waals surface area contributed by atoms with Crippen molar-refractivity contribution < 1.29 is 37.3 Å². The van der Waals surface area contributed by atoms with Crippen LogP contribution < -0.4 is 4.74 Å². The number of rotatable bonds is 10. The van der Waals surface area contributed by atoms with Crippen molar-refractivity contribution in [3.8, 4) is 5.75 Å². The van der Waals surface area contributed by atoms with Gasteiger partial charge in [0.15, 0.2) is 6.61 Å². The Bertz CT molecular complexity index is 1840. The van der Waals surface area contributed by atoms with Crippen LogP contribution in [0.1, 0.15) is 59.7 Å². The lowest BCUT2D eigenvalue weighted by molar-refractivity contribution is -0.192. The van der Waals surface area contributed by atoms with E-state index >= 15 is 0 Å². The van der Waals surface area contributed by atoms with Gasteiger partial charge in [0.25, 0.3) is 0 Å². The smallest absolute Gasteiger partial charge is 0.482 e. The zero-order chi connectivity index (χ0) is 34.4. The summed E-state index contributed by atoms with van der Waals surface area (Å²) in [4.78, 5) is 25.8. The summed E-state index contributed by atoms with van der Waals surface area (Å²) in [5.74, 6) is -0.909. The first-order chi connectivity index (χ1) is 22.9. The number of aromatic nitrogens is 2. The Hall–Kier alpha value is -4.54. The zero-order valence-electron chi connectivity index (χ0n) is 25.7. The molecule has 1 aromatic heterocycles. The average Bonchev–Trinajstić information content (AvgIpc) is 3.84. The van der Waals surface area contributed by atoms with Gasteiger partial charge in [0.2, 0.25) is 0 Å². The molecule has 5 aromatic rings. The molecule has 0 bridgehead atoms. The molecule has 0 unspecified atom stereocenters. The molecule has 1 heterocycles. The van der Waals surface area contributed by atoms with E-state index in [-0.39, 0.29) is 18.5 Å². The fourth-order valence-electron chi connectivity index (χ4n) is 5.31. The highest BCUT2D eigenvalue weighted by Crippen LogP contribution is 2.42. The van der Waals surface area contributed by atoms with Gasteiger partial charge in [0.1, 0.15) is 11.6 Å². The van der Waals surface area contributed by atoms with Gasteiger partial charge in [0, 0.05) is 28.4 Å². The number of carbonyl (C=O) groups is 2. The van der Waals surface area contributed by atoms with E-state index in [0.717, 1.165) is 52.0 Å². The highest BCUT2D eigenvalue weighted by atomic mass is 35.5. The number of carbonyl (C=O) groups excluding carboxylic acids is 1. The highest BCUT2D eigenvalue weighted by Gasteiger charge is 2.38. The Kier molecular flexibility index (Phi) is 11.0. The van der Waals surface area contributed by atoms with Crippen molar-refractivity contribution in [3.05, 3.63) is 129 Å². The van der Waals surface area contributed by atoms with Crippen LogP contribution in [0.5, 0.6) is 5.75 Å². The Morgan fingerprint density at radius 2 is 1.50 bits per heavy atom. The standard InChI is InChI=1S/C34H30Cl2N2O3.C2HF3O2/c1-2-40-32(39)21-41-29-5-3-4-22(18-29)20-38-31-19-26(12-17-30(31)37-34(38)25-6-7-25)33(23-8-13-27(35)14-9-23)24-10-15-28(36)16-11-24;3-2(4,5)1(6)7/h3-5,8-19,25,33H,2,6-7,20-21H2,1H3;(H,6,7). The van der Waals surface area contributed by atoms with Crippen molar-refractivity contribution in [1.29, 1.82) is 0 Å². The average molecular weight is 700 g/mol. The molecule has 1 fully saturated rings.